The standard InChI is InChI=1S/C23H23N3O2/c27-21-20(26-15-12-24-16-26)18-8-4-5-9-19(18)23(21)10-13-25(14-11-23)22(28)17-6-2-1-3-7-17/h1-9,12,15-16,20-21,27H,10-11,13-14H2/t20-,21+/m1/s1. The molecule has 2 aliphatic rings. The Kier molecular flexibility index (Phi) is 4.05. The average molecular weight is 373 g/mol. The Morgan fingerprint density at radius 3 is 2.46 bits per heavy atom. The first-order valence-electron chi connectivity index (χ1n) is 9.80. The van der Waals surface area contributed by atoms with Gasteiger partial charge in [0.05, 0.1) is 18.5 Å². The summed E-state index contributed by atoms with van der Waals surface area (Å²) in [4.78, 5) is 18.9. The minimum Gasteiger partial charge on any atom is -0.390 e. The van der Waals surface area contributed by atoms with Crippen LogP contribution < -0.4 is 0 Å². The summed E-state index contributed by atoms with van der Waals surface area (Å²) in [6, 6.07) is 17.6. The first-order valence-corrected chi connectivity index (χ1v) is 9.80. The van der Waals surface area contributed by atoms with Crippen LogP contribution in [0.4, 0.5) is 0 Å². The summed E-state index contributed by atoms with van der Waals surface area (Å²) in [5, 5.41) is 11.4. The fourth-order valence-corrected chi connectivity index (χ4v) is 5.03. The molecule has 5 rings (SSSR count). The van der Waals surface area contributed by atoms with E-state index in [1.165, 1.54) is 5.56 Å². The van der Waals surface area contributed by atoms with Gasteiger partial charge in [-0.3, -0.25) is 4.79 Å². The fraction of sp³-hybridized carbons (Fsp3) is 0.304. The first-order chi connectivity index (χ1) is 13.7. The number of aromatic nitrogens is 2. The Morgan fingerprint density at radius 1 is 1.04 bits per heavy atom. The molecule has 0 bridgehead atoms. The van der Waals surface area contributed by atoms with Crippen molar-refractivity contribution in [2.45, 2.75) is 30.4 Å². The number of rotatable bonds is 2. The molecular weight excluding hydrogens is 350 g/mol. The van der Waals surface area contributed by atoms with Gasteiger partial charge in [0.25, 0.3) is 5.91 Å². The van der Waals surface area contributed by atoms with Gasteiger partial charge in [-0.25, -0.2) is 4.98 Å². The predicted molar refractivity (Wildman–Crippen MR) is 106 cm³/mol. The molecule has 1 aliphatic carbocycles. The maximum Gasteiger partial charge on any atom is 0.253 e. The Morgan fingerprint density at radius 2 is 1.75 bits per heavy atom. The summed E-state index contributed by atoms with van der Waals surface area (Å²) in [6.45, 7) is 1.30. The zero-order valence-electron chi connectivity index (χ0n) is 15.6. The van der Waals surface area contributed by atoms with E-state index in [1.54, 1.807) is 12.5 Å². The SMILES string of the molecule is O=C(c1ccccc1)N1CCC2(CC1)c1ccccc1[C@@H](n1ccnc1)[C@@H]2O. The van der Waals surface area contributed by atoms with Crippen molar-refractivity contribution < 1.29 is 9.90 Å². The molecule has 2 aromatic carbocycles. The van der Waals surface area contributed by atoms with Crippen molar-refractivity contribution in [3.8, 4) is 0 Å². The van der Waals surface area contributed by atoms with E-state index in [-0.39, 0.29) is 17.4 Å². The number of hydrogen-bond donors (Lipinski definition) is 1. The molecule has 0 unspecified atom stereocenters. The third-order valence-corrected chi connectivity index (χ3v) is 6.49. The van der Waals surface area contributed by atoms with Gasteiger partial charge < -0.3 is 14.6 Å². The molecule has 5 nitrogen and oxygen atoms in total. The number of piperidine rings is 1. The molecule has 0 radical (unpaired) electrons. The molecule has 1 spiro atoms. The zero-order chi connectivity index (χ0) is 19.1. The lowest BCUT2D eigenvalue weighted by Crippen LogP contribution is -2.50. The van der Waals surface area contributed by atoms with Gasteiger partial charge in [0.1, 0.15) is 0 Å². The Bertz CT molecular complexity index is 976. The number of hydrogen-bond acceptors (Lipinski definition) is 3. The summed E-state index contributed by atoms with van der Waals surface area (Å²) in [5.74, 6) is 0.0716. The highest BCUT2D eigenvalue weighted by Crippen LogP contribution is 2.52. The quantitative estimate of drug-likeness (QED) is 0.751. The van der Waals surface area contributed by atoms with E-state index in [4.69, 9.17) is 0 Å². The van der Waals surface area contributed by atoms with Crippen molar-refractivity contribution in [2.24, 2.45) is 0 Å². The van der Waals surface area contributed by atoms with Crippen molar-refractivity contribution in [2.75, 3.05) is 13.1 Å². The second-order valence-corrected chi connectivity index (χ2v) is 7.80. The summed E-state index contributed by atoms with van der Waals surface area (Å²) >= 11 is 0. The third kappa shape index (κ3) is 2.50. The summed E-state index contributed by atoms with van der Waals surface area (Å²) in [7, 11) is 0. The lowest BCUT2D eigenvalue weighted by molar-refractivity contribution is 0.0208. The van der Waals surface area contributed by atoms with Crippen LogP contribution in [0.3, 0.4) is 0 Å². The van der Waals surface area contributed by atoms with Crippen LogP contribution in [0.1, 0.15) is 40.4 Å². The zero-order valence-corrected chi connectivity index (χ0v) is 15.6. The topological polar surface area (TPSA) is 58.4 Å². The van der Waals surface area contributed by atoms with Gasteiger partial charge in [-0.05, 0) is 36.1 Å². The number of imidazole rings is 1. The molecule has 1 aromatic heterocycles. The van der Waals surface area contributed by atoms with E-state index in [0.717, 1.165) is 24.0 Å². The first kappa shape index (κ1) is 17.2. The van der Waals surface area contributed by atoms with Crippen LogP contribution in [-0.2, 0) is 5.41 Å². The highest BCUT2D eigenvalue weighted by molar-refractivity contribution is 5.94. The van der Waals surface area contributed by atoms with Crippen LogP contribution >= 0.6 is 0 Å². The minimum absolute atomic E-state index is 0.0716. The van der Waals surface area contributed by atoms with E-state index in [0.29, 0.717) is 13.1 Å². The number of aliphatic hydroxyl groups excluding tert-OH is 1. The maximum atomic E-state index is 12.8. The van der Waals surface area contributed by atoms with Crippen molar-refractivity contribution in [1.29, 1.82) is 0 Å². The molecule has 1 aliphatic heterocycles. The van der Waals surface area contributed by atoms with Crippen molar-refractivity contribution >= 4 is 5.91 Å². The number of likely N-dealkylation sites (tertiary alicyclic amines) is 1. The van der Waals surface area contributed by atoms with E-state index in [9.17, 15) is 9.90 Å². The van der Waals surface area contributed by atoms with Gasteiger partial charge >= 0.3 is 0 Å². The number of carbonyl (C=O) groups is 1. The molecule has 1 N–H and O–H groups in total. The summed E-state index contributed by atoms with van der Waals surface area (Å²) in [6.07, 6.45) is 6.42. The maximum absolute atomic E-state index is 12.8. The Balaban J connectivity index is 1.44. The molecule has 2 heterocycles. The van der Waals surface area contributed by atoms with Crippen LogP contribution in [0.15, 0.2) is 73.3 Å². The Labute approximate surface area is 164 Å². The predicted octanol–water partition coefficient (Wildman–Crippen LogP) is 3.02. The Hall–Kier alpha value is -2.92. The number of benzene rings is 2. The number of aliphatic hydroxyl groups is 1. The van der Waals surface area contributed by atoms with Gasteiger partial charge in [0, 0.05) is 36.5 Å². The smallest absolute Gasteiger partial charge is 0.253 e. The second-order valence-electron chi connectivity index (χ2n) is 7.80. The molecule has 28 heavy (non-hydrogen) atoms. The fourth-order valence-electron chi connectivity index (χ4n) is 5.03. The lowest BCUT2D eigenvalue weighted by Gasteiger charge is -2.42. The van der Waals surface area contributed by atoms with Gasteiger partial charge in [0.2, 0.25) is 0 Å². The third-order valence-electron chi connectivity index (χ3n) is 6.49. The average Bonchev–Trinajstić information content (AvgIpc) is 3.35. The van der Waals surface area contributed by atoms with E-state index >= 15 is 0 Å². The van der Waals surface area contributed by atoms with E-state index < -0.39 is 6.10 Å². The van der Waals surface area contributed by atoms with Crippen LogP contribution in [-0.4, -0.2) is 44.7 Å². The molecule has 1 fully saturated rings. The molecule has 1 saturated heterocycles. The number of amides is 1. The second kappa shape index (κ2) is 6.60. The number of fused-ring (bicyclic) bond motifs is 2. The summed E-state index contributed by atoms with van der Waals surface area (Å²) < 4.78 is 2.00. The number of carbonyl (C=O) groups excluding carboxylic acids is 1. The molecule has 0 saturated carbocycles. The molecule has 3 aromatic rings. The highest BCUT2D eigenvalue weighted by Gasteiger charge is 2.53. The highest BCUT2D eigenvalue weighted by atomic mass is 16.3. The molecule has 2 atom stereocenters. The van der Waals surface area contributed by atoms with Gasteiger partial charge in [-0.15, -0.1) is 0 Å². The number of nitrogens with zero attached hydrogens (tertiary/aromatic N) is 3. The molecular formula is C23H23N3O2. The van der Waals surface area contributed by atoms with E-state index in [1.807, 2.05) is 58.1 Å². The van der Waals surface area contributed by atoms with Crippen LogP contribution in [0.5, 0.6) is 0 Å². The van der Waals surface area contributed by atoms with Crippen LogP contribution in [0.25, 0.3) is 0 Å². The van der Waals surface area contributed by atoms with Crippen LogP contribution in [0.2, 0.25) is 0 Å². The van der Waals surface area contributed by atoms with Gasteiger partial charge in [0.15, 0.2) is 0 Å². The van der Waals surface area contributed by atoms with Crippen molar-refractivity contribution in [3.63, 3.8) is 0 Å². The molecule has 142 valence electrons. The van der Waals surface area contributed by atoms with Crippen molar-refractivity contribution in [3.05, 3.63) is 90.0 Å². The van der Waals surface area contributed by atoms with Gasteiger partial charge in [-0.1, -0.05) is 42.5 Å². The monoisotopic (exact) mass is 373 g/mol. The van der Waals surface area contributed by atoms with E-state index in [2.05, 4.69) is 17.1 Å². The van der Waals surface area contributed by atoms with Crippen molar-refractivity contribution in [1.82, 2.24) is 14.5 Å². The largest absolute Gasteiger partial charge is 0.390 e. The lowest BCUT2D eigenvalue weighted by atomic mass is 9.72. The van der Waals surface area contributed by atoms with Gasteiger partial charge in [-0.2, -0.15) is 0 Å². The normalized spacial score (nSPS) is 23.0. The summed E-state index contributed by atoms with van der Waals surface area (Å²) in [5.41, 5.74) is 2.78. The molecule has 1 amide bonds. The molecule has 5 heteroatoms. The van der Waals surface area contributed by atoms with Crippen LogP contribution in [0, 0.1) is 0 Å². The minimum atomic E-state index is -0.534.